The minimum absolute atomic E-state index is 0.196. The zero-order valence-electron chi connectivity index (χ0n) is 13.2. The Morgan fingerprint density at radius 3 is 2.79 bits per heavy atom. The number of carbonyl (C=O) groups is 2. The molecule has 2 heterocycles. The molecule has 7 heteroatoms. The maximum atomic E-state index is 11.9. The van der Waals surface area contributed by atoms with E-state index in [1.54, 1.807) is 24.5 Å². The van der Waals surface area contributed by atoms with Crippen LogP contribution < -0.4 is 20.1 Å². The number of rotatable bonds is 5. The minimum Gasteiger partial charge on any atom is -0.469 e. The van der Waals surface area contributed by atoms with Gasteiger partial charge in [-0.3, -0.25) is 9.59 Å². The van der Waals surface area contributed by atoms with Gasteiger partial charge in [0.05, 0.1) is 6.26 Å². The number of hydrogen-bond acceptors (Lipinski definition) is 5. The van der Waals surface area contributed by atoms with Gasteiger partial charge in [0.2, 0.25) is 6.79 Å². The van der Waals surface area contributed by atoms with E-state index in [1.807, 2.05) is 19.1 Å². The molecule has 0 radical (unpaired) electrons. The summed E-state index contributed by atoms with van der Waals surface area (Å²) >= 11 is 0. The normalized spacial score (nSPS) is 13.4. The second-order valence-corrected chi connectivity index (χ2v) is 5.53. The van der Waals surface area contributed by atoms with Crippen LogP contribution in [0.1, 0.15) is 18.2 Å². The summed E-state index contributed by atoms with van der Waals surface area (Å²) in [5.41, 5.74) is 0.823. The predicted octanol–water partition coefficient (Wildman–Crippen LogP) is 1.37. The molecular formula is C17H18N2O5. The van der Waals surface area contributed by atoms with E-state index in [9.17, 15) is 9.59 Å². The van der Waals surface area contributed by atoms with Crippen LogP contribution in [0.2, 0.25) is 0 Å². The molecule has 1 aromatic heterocycles. The molecule has 0 aliphatic carbocycles. The first-order chi connectivity index (χ1) is 11.6. The molecule has 0 fully saturated rings. The Hall–Kier alpha value is -2.96. The van der Waals surface area contributed by atoms with Crippen LogP contribution in [0.25, 0.3) is 0 Å². The smallest absolute Gasteiger partial charge is 0.309 e. The lowest BCUT2D eigenvalue weighted by atomic mass is 10.2. The number of carbonyl (C=O) groups excluding carboxylic acids is 2. The van der Waals surface area contributed by atoms with Gasteiger partial charge in [0.15, 0.2) is 11.5 Å². The van der Waals surface area contributed by atoms with E-state index in [1.165, 1.54) is 0 Å². The van der Waals surface area contributed by atoms with Crippen molar-refractivity contribution in [3.8, 4) is 11.5 Å². The largest absolute Gasteiger partial charge is 0.469 e. The van der Waals surface area contributed by atoms with Crippen molar-refractivity contribution in [3.63, 3.8) is 0 Å². The van der Waals surface area contributed by atoms with E-state index in [0.717, 1.165) is 11.3 Å². The molecule has 1 atom stereocenters. The zero-order valence-corrected chi connectivity index (χ0v) is 13.2. The number of nitrogens with one attached hydrogen (secondary N) is 2. The Morgan fingerprint density at radius 1 is 1.17 bits per heavy atom. The summed E-state index contributed by atoms with van der Waals surface area (Å²) in [4.78, 5) is 23.8. The standard InChI is InChI=1S/C17H18N2O5/c1-11(7-13-3-2-6-22-13)19-17(21)16(20)18-9-12-4-5-14-15(8-12)24-10-23-14/h2-6,8,11H,7,9-10H2,1H3,(H,18,20)(H,19,21). The molecule has 0 saturated carbocycles. The molecule has 3 rings (SSSR count). The van der Waals surface area contributed by atoms with Gasteiger partial charge in [0, 0.05) is 19.0 Å². The third kappa shape index (κ3) is 3.87. The van der Waals surface area contributed by atoms with Crippen LogP contribution in [0.4, 0.5) is 0 Å². The fourth-order valence-electron chi connectivity index (χ4n) is 2.38. The summed E-state index contributed by atoms with van der Waals surface area (Å²) in [6, 6.07) is 8.75. The summed E-state index contributed by atoms with van der Waals surface area (Å²) in [6.45, 7) is 2.24. The monoisotopic (exact) mass is 330 g/mol. The topological polar surface area (TPSA) is 89.8 Å². The van der Waals surface area contributed by atoms with Crippen molar-refractivity contribution in [1.82, 2.24) is 10.6 Å². The quantitative estimate of drug-likeness (QED) is 0.808. The molecule has 1 unspecified atom stereocenters. The highest BCUT2D eigenvalue weighted by atomic mass is 16.7. The Kier molecular flexibility index (Phi) is 4.69. The van der Waals surface area contributed by atoms with Crippen LogP contribution in [-0.4, -0.2) is 24.6 Å². The highest BCUT2D eigenvalue weighted by Crippen LogP contribution is 2.32. The highest BCUT2D eigenvalue weighted by Gasteiger charge is 2.18. The third-order valence-electron chi connectivity index (χ3n) is 3.56. The van der Waals surface area contributed by atoms with Crippen molar-refractivity contribution in [2.45, 2.75) is 25.9 Å². The molecule has 0 bridgehead atoms. The van der Waals surface area contributed by atoms with E-state index in [0.29, 0.717) is 17.9 Å². The molecule has 1 aliphatic rings. The summed E-state index contributed by atoms with van der Waals surface area (Å²) in [6.07, 6.45) is 2.09. The average Bonchev–Trinajstić information content (AvgIpc) is 3.23. The van der Waals surface area contributed by atoms with Crippen molar-refractivity contribution in [2.24, 2.45) is 0 Å². The predicted molar refractivity (Wildman–Crippen MR) is 84.4 cm³/mol. The van der Waals surface area contributed by atoms with E-state index >= 15 is 0 Å². The van der Waals surface area contributed by atoms with Crippen molar-refractivity contribution in [2.75, 3.05) is 6.79 Å². The van der Waals surface area contributed by atoms with E-state index in [2.05, 4.69) is 10.6 Å². The van der Waals surface area contributed by atoms with E-state index in [4.69, 9.17) is 13.9 Å². The molecule has 2 amide bonds. The third-order valence-corrected chi connectivity index (χ3v) is 3.56. The lowest BCUT2D eigenvalue weighted by Crippen LogP contribution is -2.44. The molecular weight excluding hydrogens is 312 g/mol. The van der Waals surface area contributed by atoms with Crippen molar-refractivity contribution in [1.29, 1.82) is 0 Å². The van der Waals surface area contributed by atoms with Crippen LogP contribution in [0, 0.1) is 0 Å². The van der Waals surface area contributed by atoms with Gasteiger partial charge >= 0.3 is 11.8 Å². The van der Waals surface area contributed by atoms with Gasteiger partial charge in [-0.15, -0.1) is 0 Å². The maximum absolute atomic E-state index is 11.9. The summed E-state index contributed by atoms with van der Waals surface area (Å²) in [7, 11) is 0. The lowest BCUT2D eigenvalue weighted by Gasteiger charge is -2.12. The zero-order chi connectivity index (χ0) is 16.9. The van der Waals surface area contributed by atoms with Crippen molar-refractivity contribution >= 4 is 11.8 Å². The first kappa shape index (κ1) is 15.9. The SMILES string of the molecule is CC(Cc1ccco1)NC(=O)C(=O)NCc1ccc2c(c1)OCO2. The summed E-state index contributed by atoms with van der Waals surface area (Å²) in [5.74, 6) is 0.713. The Balaban J connectivity index is 1.46. The molecule has 0 spiro atoms. The second kappa shape index (κ2) is 7.08. The molecule has 0 saturated heterocycles. The van der Waals surface area contributed by atoms with E-state index in [-0.39, 0.29) is 19.4 Å². The maximum Gasteiger partial charge on any atom is 0.309 e. The fourth-order valence-corrected chi connectivity index (χ4v) is 2.38. The number of hydrogen-bond donors (Lipinski definition) is 2. The Labute approximate surface area is 138 Å². The van der Waals surface area contributed by atoms with Crippen LogP contribution in [0.5, 0.6) is 11.5 Å². The average molecular weight is 330 g/mol. The molecule has 7 nitrogen and oxygen atoms in total. The van der Waals surface area contributed by atoms with Crippen LogP contribution >= 0.6 is 0 Å². The number of amides is 2. The first-order valence-corrected chi connectivity index (χ1v) is 7.61. The van der Waals surface area contributed by atoms with Gasteiger partial charge in [-0.1, -0.05) is 6.07 Å². The van der Waals surface area contributed by atoms with E-state index < -0.39 is 11.8 Å². The summed E-state index contributed by atoms with van der Waals surface area (Å²) in [5, 5.41) is 5.22. The fraction of sp³-hybridized carbons (Fsp3) is 0.294. The van der Waals surface area contributed by atoms with Gasteiger partial charge in [0.1, 0.15) is 5.76 Å². The Morgan fingerprint density at radius 2 is 2.00 bits per heavy atom. The van der Waals surface area contributed by atoms with Gasteiger partial charge in [-0.05, 0) is 36.8 Å². The van der Waals surface area contributed by atoms with Gasteiger partial charge in [-0.25, -0.2) is 0 Å². The van der Waals surface area contributed by atoms with Crippen LogP contribution in [-0.2, 0) is 22.6 Å². The minimum atomic E-state index is -0.682. The van der Waals surface area contributed by atoms with Crippen LogP contribution in [0.3, 0.4) is 0 Å². The molecule has 2 aromatic rings. The van der Waals surface area contributed by atoms with Crippen LogP contribution in [0.15, 0.2) is 41.0 Å². The Bertz CT molecular complexity index is 727. The number of fused-ring (bicyclic) bond motifs is 1. The summed E-state index contributed by atoms with van der Waals surface area (Å²) < 4.78 is 15.7. The first-order valence-electron chi connectivity index (χ1n) is 7.61. The molecule has 1 aliphatic heterocycles. The number of ether oxygens (including phenoxy) is 2. The van der Waals surface area contributed by atoms with Crippen molar-refractivity contribution in [3.05, 3.63) is 47.9 Å². The molecule has 126 valence electrons. The second-order valence-electron chi connectivity index (χ2n) is 5.53. The lowest BCUT2D eigenvalue weighted by molar-refractivity contribution is -0.139. The van der Waals surface area contributed by atoms with Gasteiger partial charge in [-0.2, -0.15) is 0 Å². The number of benzene rings is 1. The highest BCUT2D eigenvalue weighted by molar-refractivity contribution is 6.35. The number of furan rings is 1. The van der Waals surface area contributed by atoms with Gasteiger partial charge in [0.25, 0.3) is 0 Å². The van der Waals surface area contributed by atoms with Crippen molar-refractivity contribution < 1.29 is 23.5 Å². The molecule has 2 N–H and O–H groups in total. The molecule has 24 heavy (non-hydrogen) atoms. The van der Waals surface area contributed by atoms with Gasteiger partial charge < -0.3 is 24.5 Å². The molecule has 1 aromatic carbocycles.